The second-order valence-corrected chi connectivity index (χ2v) is 6.16. The maximum Gasteiger partial charge on any atom is 0.255 e. The first-order valence-electron chi connectivity index (χ1n) is 6.05. The van der Waals surface area contributed by atoms with Crippen molar-refractivity contribution in [1.82, 2.24) is 14.9 Å². The summed E-state index contributed by atoms with van der Waals surface area (Å²) in [6, 6.07) is 1.54. The minimum atomic E-state index is -0.132. The molecule has 2 N–H and O–H groups in total. The summed E-state index contributed by atoms with van der Waals surface area (Å²) >= 11 is 7.51. The van der Waals surface area contributed by atoms with Crippen molar-refractivity contribution in [3.8, 4) is 0 Å². The SMILES string of the molecule is Cc1cnc(CCN(C)C(=O)c2cnc(N)c(Cl)c2)s1. The van der Waals surface area contributed by atoms with Crippen LogP contribution in [0.15, 0.2) is 18.5 Å². The Labute approximate surface area is 126 Å². The minimum Gasteiger partial charge on any atom is -0.382 e. The van der Waals surface area contributed by atoms with E-state index < -0.39 is 0 Å². The standard InChI is InChI=1S/C13H15ClN4OS/c1-8-6-16-11(20-8)3-4-18(2)13(19)9-5-10(14)12(15)17-7-9/h5-7H,3-4H2,1-2H3,(H2,15,17). The molecule has 0 spiro atoms. The first kappa shape index (κ1) is 14.7. The van der Waals surface area contributed by atoms with Crippen molar-refractivity contribution >= 4 is 34.7 Å². The average molecular weight is 311 g/mol. The maximum atomic E-state index is 12.2. The minimum absolute atomic E-state index is 0.132. The third-order valence-electron chi connectivity index (χ3n) is 2.79. The number of nitrogens with zero attached hydrogens (tertiary/aromatic N) is 3. The monoisotopic (exact) mass is 310 g/mol. The van der Waals surface area contributed by atoms with Crippen LogP contribution in [0.2, 0.25) is 5.02 Å². The van der Waals surface area contributed by atoms with Crippen molar-refractivity contribution in [3.05, 3.63) is 38.9 Å². The number of aryl methyl sites for hydroxylation is 1. The molecule has 2 aromatic heterocycles. The number of amides is 1. The van der Waals surface area contributed by atoms with Crippen LogP contribution in [0.25, 0.3) is 0 Å². The van der Waals surface area contributed by atoms with Crippen molar-refractivity contribution in [2.75, 3.05) is 19.3 Å². The molecule has 0 aliphatic carbocycles. The lowest BCUT2D eigenvalue weighted by Gasteiger charge is -2.16. The molecule has 0 aliphatic rings. The molecule has 0 aromatic carbocycles. The zero-order valence-electron chi connectivity index (χ0n) is 11.3. The number of anilines is 1. The fraction of sp³-hybridized carbons (Fsp3) is 0.308. The van der Waals surface area contributed by atoms with Crippen molar-refractivity contribution in [3.63, 3.8) is 0 Å². The van der Waals surface area contributed by atoms with Crippen LogP contribution in [0.4, 0.5) is 5.82 Å². The van der Waals surface area contributed by atoms with E-state index in [2.05, 4.69) is 9.97 Å². The van der Waals surface area contributed by atoms with Crippen molar-refractivity contribution in [1.29, 1.82) is 0 Å². The van der Waals surface area contributed by atoms with Crippen LogP contribution in [0.1, 0.15) is 20.2 Å². The van der Waals surface area contributed by atoms with Gasteiger partial charge in [0.15, 0.2) is 0 Å². The second-order valence-electron chi connectivity index (χ2n) is 4.43. The fourth-order valence-electron chi connectivity index (χ4n) is 1.67. The van der Waals surface area contributed by atoms with Gasteiger partial charge in [0.05, 0.1) is 15.6 Å². The molecule has 5 nitrogen and oxygen atoms in total. The molecule has 0 saturated heterocycles. The Balaban J connectivity index is 1.99. The van der Waals surface area contributed by atoms with E-state index in [9.17, 15) is 4.79 Å². The Morgan fingerprint density at radius 1 is 1.45 bits per heavy atom. The van der Waals surface area contributed by atoms with Crippen LogP contribution < -0.4 is 5.73 Å². The summed E-state index contributed by atoms with van der Waals surface area (Å²) in [7, 11) is 1.74. The van der Waals surface area contributed by atoms with Crippen LogP contribution in [-0.2, 0) is 6.42 Å². The van der Waals surface area contributed by atoms with E-state index >= 15 is 0 Å². The molecular weight excluding hydrogens is 296 g/mol. The number of hydrogen-bond donors (Lipinski definition) is 1. The molecule has 1 amide bonds. The summed E-state index contributed by atoms with van der Waals surface area (Å²) < 4.78 is 0. The summed E-state index contributed by atoms with van der Waals surface area (Å²) in [5.41, 5.74) is 5.96. The van der Waals surface area contributed by atoms with E-state index in [-0.39, 0.29) is 11.7 Å². The molecule has 2 heterocycles. The van der Waals surface area contributed by atoms with Crippen molar-refractivity contribution < 1.29 is 4.79 Å². The molecular formula is C13H15ClN4OS. The predicted molar refractivity (Wildman–Crippen MR) is 81.2 cm³/mol. The number of pyridine rings is 1. The van der Waals surface area contributed by atoms with Crippen molar-refractivity contribution in [2.24, 2.45) is 0 Å². The number of rotatable bonds is 4. The highest BCUT2D eigenvalue weighted by Gasteiger charge is 2.14. The summed E-state index contributed by atoms with van der Waals surface area (Å²) in [4.78, 5) is 23.2. The van der Waals surface area contributed by atoms with Gasteiger partial charge in [0.1, 0.15) is 5.82 Å². The van der Waals surface area contributed by atoms with E-state index in [1.165, 1.54) is 17.1 Å². The van der Waals surface area contributed by atoms with Gasteiger partial charge in [-0.2, -0.15) is 0 Å². The normalized spacial score (nSPS) is 10.6. The lowest BCUT2D eigenvalue weighted by atomic mass is 10.2. The quantitative estimate of drug-likeness (QED) is 0.941. The second kappa shape index (κ2) is 6.19. The molecule has 0 bridgehead atoms. The largest absolute Gasteiger partial charge is 0.382 e. The van der Waals surface area contributed by atoms with E-state index in [0.29, 0.717) is 17.1 Å². The van der Waals surface area contributed by atoms with Gasteiger partial charge in [-0.25, -0.2) is 9.97 Å². The Morgan fingerprint density at radius 2 is 2.20 bits per heavy atom. The van der Waals surface area contributed by atoms with Gasteiger partial charge >= 0.3 is 0 Å². The van der Waals surface area contributed by atoms with Gasteiger partial charge in [-0.3, -0.25) is 4.79 Å². The number of hydrogen-bond acceptors (Lipinski definition) is 5. The van der Waals surface area contributed by atoms with E-state index in [0.717, 1.165) is 11.4 Å². The predicted octanol–water partition coefficient (Wildman–Crippen LogP) is 2.40. The Morgan fingerprint density at radius 3 is 2.80 bits per heavy atom. The molecule has 0 atom stereocenters. The fourth-order valence-corrected chi connectivity index (χ4v) is 2.61. The van der Waals surface area contributed by atoms with Crippen LogP contribution >= 0.6 is 22.9 Å². The van der Waals surface area contributed by atoms with E-state index in [4.69, 9.17) is 17.3 Å². The van der Waals surface area contributed by atoms with Gasteiger partial charge in [-0.05, 0) is 13.0 Å². The first-order chi connectivity index (χ1) is 9.47. The number of carbonyl (C=O) groups is 1. The summed E-state index contributed by atoms with van der Waals surface area (Å²) in [5.74, 6) is 0.0943. The molecule has 0 aliphatic heterocycles. The van der Waals surface area contributed by atoms with E-state index in [1.807, 2.05) is 13.1 Å². The average Bonchev–Trinajstić information content (AvgIpc) is 2.84. The van der Waals surface area contributed by atoms with E-state index in [1.54, 1.807) is 23.3 Å². The number of thiazole rings is 1. The van der Waals surface area contributed by atoms with Gasteiger partial charge in [-0.15, -0.1) is 11.3 Å². The van der Waals surface area contributed by atoms with Gasteiger partial charge in [0.2, 0.25) is 0 Å². The number of nitrogens with two attached hydrogens (primary N) is 1. The highest BCUT2D eigenvalue weighted by Crippen LogP contribution is 2.18. The molecule has 0 saturated carbocycles. The third kappa shape index (κ3) is 3.46. The third-order valence-corrected chi connectivity index (χ3v) is 4.07. The molecule has 0 fully saturated rings. The van der Waals surface area contributed by atoms with Crippen LogP contribution in [-0.4, -0.2) is 34.4 Å². The molecule has 7 heteroatoms. The molecule has 2 aromatic rings. The lowest BCUT2D eigenvalue weighted by Crippen LogP contribution is -2.29. The number of halogens is 1. The highest BCUT2D eigenvalue weighted by atomic mass is 35.5. The van der Waals surface area contributed by atoms with Gasteiger partial charge in [-0.1, -0.05) is 11.6 Å². The van der Waals surface area contributed by atoms with Gasteiger partial charge < -0.3 is 10.6 Å². The highest BCUT2D eigenvalue weighted by molar-refractivity contribution is 7.11. The van der Waals surface area contributed by atoms with Crippen LogP contribution in [0.5, 0.6) is 0 Å². The molecule has 0 unspecified atom stereocenters. The Kier molecular flexibility index (Phi) is 4.57. The lowest BCUT2D eigenvalue weighted by molar-refractivity contribution is 0.0796. The number of likely N-dealkylation sites (N-methyl/N-ethyl adjacent to an activating group) is 1. The smallest absolute Gasteiger partial charge is 0.255 e. The van der Waals surface area contributed by atoms with Gasteiger partial charge in [0, 0.05) is 37.3 Å². The summed E-state index contributed by atoms with van der Waals surface area (Å²) in [6.45, 7) is 2.60. The zero-order valence-corrected chi connectivity index (χ0v) is 12.8. The molecule has 2 rings (SSSR count). The summed E-state index contributed by atoms with van der Waals surface area (Å²) in [6.07, 6.45) is 4.01. The number of carbonyl (C=O) groups excluding carboxylic acids is 1. The molecule has 20 heavy (non-hydrogen) atoms. The number of aromatic nitrogens is 2. The molecule has 106 valence electrons. The zero-order chi connectivity index (χ0) is 14.7. The van der Waals surface area contributed by atoms with Gasteiger partial charge in [0.25, 0.3) is 5.91 Å². The number of nitrogen functional groups attached to an aromatic ring is 1. The Hall–Kier alpha value is -1.66. The van der Waals surface area contributed by atoms with Crippen LogP contribution in [0, 0.1) is 6.92 Å². The summed E-state index contributed by atoms with van der Waals surface area (Å²) in [5, 5.41) is 1.32. The van der Waals surface area contributed by atoms with Crippen LogP contribution in [0.3, 0.4) is 0 Å². The topological polar surface area (TPSA) is 72.1 Å². The molecule has 0 radical (unpaired) electrons. The maximum absolute atomic E-state index is 12.2. The first-order valence-corrected chi connectivity index (χ1v) is 7.24. The van der Waals surface area contributed by atoms with Crippen molar-refractivity contribution in [2.45, 2.75) is 13.3 Å². The Bertz CT molecular complexity index is 629.